The predicted octanol–water partition coefficient (Wildman–Crippen LogP) is 2.31. The van der Waals surface area contributed by atoms with Crippen LogP contribution in [0.3, 0.4) is 0 Å². The molecule has 0 amide bonds. The van der Waals surface area contributed by atoms with Crippen molar-refractivity contribution >= 4 is 22.3 Å². The Morgan fingerprint density at radius 2 is 1.73 bits per heavy atom. The number of rotatable bonds is 3. The summed E-state index contributed by atoms with van der Waals surface area (Å²) in [5.74, 6) is 3.14. The van der Waals surface area contributed by atoms with E-state index in [0.29, 0.717) is 11.8 Å². The lowest BCUT2D eigenvalue weighted by Crippen LogP contribution is -2.29. The van der Waals surface area contributed by atoms with Gasteiger partial charge in [-0.2, -0.15) is 5.10 Å². The van der Waals surface area contributed by atoms with Gasteiger partial charge in [0, 0.05) is 61.4 Å². The maximum atomic E-state index is 4.74. The van der Waals surface area contributed by atoms with Gasteiger partial charge in [0.1, 0.15) is 12.1 Å². The molecule has 3 aromatic heterocycles. The molecule has 5 heterocycles. The van der Waals surface area contributed by atoms with Crippen molar-refractivity contribution in [1.29, 1.82) is 0 Å². The van der Waals surface area contributed by atoms with E-state index in [4.69, 9.17) is 4.98 Å². The zero-order chi connectivity index (χ0) is 17.7. The Bertz CT molecular complexity index is 886. The molecule has 0 aromatic carbocycles. The fourth-order valence-electron chi connectivity index (χ4n) is 3.97. The van der Waals surface area contributed by atoms with Crippen LogP contribution in [0.2, 0.25) is 0 Å². The summed E-state index contributed by atoms with van der Waals surface area (Å²) in [6.07, 6.45) is 5.30. The lowest BCUT2D eigenvalue weighted by molar-refractivity contribution is 0.533. The van der Waals surface area contributed by atoms with E-state index < -0.39 is 0 Å². The highest BCUT2D eigenvalue weighted by Gasteiger charge is 2.41. The van der Waals surface area contributed by atoms with E-state index in [0.717, 1.165) is 43.5 Å². The van der Waals surface area contributed by atoms with Crippen molar-refractivity contribution in [3.8, 4) is 5.82 Å². The summed E-state index contributed by atoms with van der Waals surface area (Å²) in [5.41, 5.74) is 1.16. The predicted molar refractivity (Wildman–Crippen MR) is 102 cm³/mol. The summed E-state index contributed by atoms with van der Waals surface area (Å²) in [7, 11) is 0. The average molecular weight is 367 g/mol. The summed E-state index contributed by atoms with van der Waals surface area (Å²) < 4.78 is 1.77. The highest BCUT2D eigenvalue weighted by Crippen LogP contribution is 2.37. The fraction of sp³-hybridized carbons (Fsp3) is 0.444. The van der Waals surface area contributed by atoms with Crippen molar-refractivity contribution in [3.63, 3.8) is 0 Å². The Hall–Kier alpha value is -2.48. The van der Waals surface area contributed by atoms with Gasteiger partial charge in [0.25, 0.3) is 0 Å². The smallest absolute Gasteiger partial charge is 0.185 e. The highest BCUT2D eigenvalue weighted by molar-refractivity contribution is 7.15. The molecule has 0 N–H and O–H groups in total. The number of anilines is 2. The molecule has 2 aliphatic rings. The second kappa shape index (κ2) is 6.05. The van der Waals surface area contributed by atoms with E-state index >= 15 is 0 Å². The van der Waals surface area contributed by atoms with Crippen LogP contribution in [0, 0.1) is 25.7 Å². The van der Waals surface area contributed by atoms with E-state index in [9.17, 15) is 0 Å². The molecule has 5 rings (SSSR count). The average Bonchev–Trinajstić information content (AvgIpc) is 3.39. The van der Waals surface area contributed by atoms with E-state index in [1.165, 1.54) is 10.0 Å². The van der Waals surface area contributed by atoms with Crippen LogP contribution in [-0.2, 0) is 0 Å². The number of hydrogen-bond donors (Lipinski definition) is 0. The first-order valence-electron chi connectivity index (χ1n) is 8.93. The maximum absolute atomic E-state index is 4.74. The van der Waals surface area contributed by atoms with Crippen LogP contribution in [0.25, 0.3) is 5.82 Å². The second-order valence-corrected chi connectivity index (χ2v) is 8.33. The van der Waals surface area contributed by atoms with Crippen LogP contribution < -0.4 is 9.80 Å². The Morgan fingerprint density at radius 1 is 1.00 bits per heavy atom. The van der Waals surface area contributed by atoms with Crippen LogP contribution >= 0.6 is 11.3 Å². The molecule has 2 unspecified atom stereocenters. The first-order valence-corrected chi connectivity index (χ1v) is 9.75. The van der Waals surface area contributed by atoms with E-state index in [2.05, 4.69) is 38.7 Å². The van der Waals surface area contributed by atoms with E-state index in [-0.39, 0.29) is 0 Å². The molecular weight excluding hydrogens is 346 g/mol. The Labute approximate surface area is 156 Å². The molecule has 0 spiro atoms. The largest absolute Gasteiger partial charge is 0.356 e. The summed E-state index contributed by atoms with van der Waals surface area (Å²) in [4.78, 5) is 19.8. The molecule has 7 nitrogen and oxygen atoms in total. The van der Waals surface area contributed by atoms with Gasteiger partial charge >= 0.3 is 0 Å². The van der Waals surface area contributed by atoms with Gasteiger partial charge in [-0.3, -0.25) is 0 Å². The minimum absolute atomic E-state index is 0.669. The number of aromatic nitrogens is 5. The molecule has 2 fully saturated rings. The highest BCUT2D eigenvalue weighted by atomic mass is 32.1. The zero-order valence-corrected chi connectivity index (χ0v) is 15.7. The standard InChI is InChI=1S/C18H21N7S/c1-12-13(2)26-18(22-12)24-9-14-7-23(8-15(14)10-24)16-6-17(20-11-19-16)25-5-3-4-21-25/h3-6,11,14-15H,7-10H2,1-2H3. The minimum atomic E-state index is 0.669. The monoisotopic (exact) mass is 367 g/mol. The molecule has 0 radical (unpaired) electrons. The van der Waals surface area contributed by atoms with Crippen LogP contribution in [0.1, 0.15) is 10.6 Å². The number of hydrogen-bond acceptors (Lipinski definition) is 7. The topological polar surface area (TPSA) is 63.0 Å². The van der Waals surface area contributed by atoms with E-state index in [1.54, 1.807) is 17.2 Å². The molecule has 0 bridgehead atoms. The van der Waals surface area contributed by atoms with Crippen molar-refractivity contribution in [2.75, 3.05) is 36.0 Å². The van der Waals surface area contributed by atoms with Crippen molar-refractivity contribution in [2.24, 2.45) is 11.8 Å². The molecule has 3 aromatic rings. The van der Waals surface area contributed by atoms with Crippen LogP contribution in [0.4, 0.5) is 10.9 Å². The van der Waals surface area contributed by atoms with Gasteiger partial charge in [0.2, 0.25) is 0 Å². The van der Waals surface area contributed by atoms with Gasteiger partial charge in [-0.25, -0.2) is 19.6 Å². The summed E-state index contributed by atoms with van der Waals surface area (Å²) >= 11 is 1.82. The summed E-state index contributed by atoms with van der Waals surface area (Å²) in [6, 6.07) is 3.93. The van der Waals surface area contributed by atoms with Gasteiger partial charge < -0.3 is 9.80 Å². The van der Waals surface area contributed by atoms with Crippen LogP contribution in [0.15, 0.2) is 30.9 Å². The third-order valence-electron chi connectivity index (χ3n) is 5.48. The van der Waals surface area contributed by atoms with Gasteiger partial charge in [-0.1, -0.05) is 0 Å². The maximum Gasteiger partial charge on any atom is 0.185 e. The van der Waals surface area contributed by atoms with Gasteiger partial charge in [-0.15, -0.1) is 11.3 Å². The molecule has 0 saturated carbocycles. The fourth-order valence-corrected chi connectivity index (χ4v) is 4.90. The SMILES string of the molecule is Cc1nc(N2CC3CN(c4cc(-n5cccn5)ncn4)CC3C2)sc1C. The first kappa shape index (κ1) is 15.7. The Kier molecular flexibility index (Phi) is 3.66. The van der Waals surface area contributed by atoms with E-state index in [1.807, 2.05) is 29.7 Å². The molecule has 8 heteroatoms. The second-order valence-electron chi connectivity index (χ2n) is 7.15. The molecule has 2 atom stereocenters. The van der Waals surface area contributed by atoms with Crippen molar-refractivity contribution in [3.05, 3.63) is 41.4 Å². The lowest BCUT2D eigenvalue weighted by Gasteiger charge is -2.22. The molecule has 2 aliphatic heterocycles. The molecule has 2 saturated heterocycles. The van der Waals surface area contributed by atoms with Gasteiger partial charge in [-0.05, 0) is 19.9 Å². The third-order valence-corrected chi connectivity index (χ3v) is 6.61. The first-order chi connectivity index (χ1) is 12.7. The molecule has 134 valence electrons. The normalized spacial score (nSPS) is 22.2. The summed E-state index contributed by atoms with van der Waals surface area (Å²) in [6.45, 7) is 8.51. The zero-order valence-electron chi connectivity index (χ0n) is 14.9. The summed E-state index contributed by atoms with van der Waals surface area (Å²) in [5, 5.41) is 5.44. The van der Waals surface area contributed by atoms with Crippen molar-refractivity contribution < 1.29 is 0 Å². The third kappa shape index (κ3) is 2.65. The molecule has 0 aliphatic carbocycles. The number of thiazole rings is 1. The Balaban J connectivity index is 1.30. The minimum Gasteiger partial charge on any atom is -0.356 e. The molecule has 26 heavy (non-hydrogen) atoms. The Morgan fingerprint density at radius 3 is 2.38 bits per heavy atom. The van der Waals surface area contributed by atoms with Gasteiger partial charge in [0.05, 0.1) is 5.69 Å². The number of fused-ring (bicyclic) bond motifs is 1. The quantitative estimate of drug-likeness (QED) is 0.708. The van der Waals surface area contributed by atoms with Crippen molar-refractivity contribution in [1.82, 2.24) is 24.7 Å². The number of nitrogens with zero attached hydrogens (tertiary/aromatic N) is 7. The van der Waals surface area contributed by atoms with Gasteiger partial charge in [0.15, 0.2) is 10.9 Å². The molecular formula is C18H21N7S. The lowest BCUT2D eigenvalue weighted by atomic mass is 10.0. The van der Waals surface area contributed by atoms with Crippen LogP contribution in [-0.4, -0.2) is 50.9 Å². The number of aryl methyl sites for hydroxylation is 2. The van der Waals surface area contributed by atoms with Crippen molar-refractivity contribution in [2.45, 2.75) is 13.8 Å². The van der Waals surface area contributed by atoms with Crippen LogP contribution in [0.5, 0.6) is 0 Å².